The molecule has 2 amide bonds. The van der Waals surface area contributed by atoms with E-state index in [9.17, 15) is 9.59 Å². The zero-order valence-corrected chi connectivity index (χ0v) is 18.6. The van der Waals surface area contributed by atoms with Gasteiger partial charge in [-0.2, -0.15) is 5.10 Å². The monoisotopic (exact) mass is 398 g/mol. The van der Waals surface area contributed by atoms with E-state index in [1.165, 1.54) is 6.92 Å². The Hall–Kier alpha value is -2.63. The molecule has 29 heavy (non-hydrogen) atoms. The molecule has 1 N–H and O–H groups in total. The highest BCUT2D eigenvalue weighted by atomic mass is 16.2. The summed E-state index contributed by atoms with van der Waals surface area (Å²) in [7, 11) is 0. The van der Waals surface area contributed by atoms with Crippen LogP contribution in [0, 0.1) is 6.92 Å². The summed E-state index contributed by atoms with van der Waals surface area (Å²) in [5, 5.41) is 7.73. The van der Waals surface area contributed by atoms with E-state index in [2.05, 4.69) is 33.0 Å². The Morgan fingerprint density at radius 3 is 2.45 bits per heavy atom. The Labute approximate surface area is 174 Å². The molecular formula is C23H34N4O2. The summed E-state index contributed by atoms with van der Waals surface area (Å²) in [6.45, 7) is 12.6. The van der Waals surface area contributed by atoms with Crippen LogP contribution in [0.15, 0.2) is 30.3 Å². The molecule has 0 spiro atoms. The maximum atomic E-state index is 12.7. The average molecular weight is 399 g/mol. The van der Waals surface area contributed by atoms with Gasteiger partial charge in [0, 0.05) is 24.9 Å². The van der Waals surface area contributed by atoms with Gasteiger partial charge in [0.25, 0.3) is 0 Å². The minimum absolute atomic E-state index is 0.0445. The normalized spacial score (nSPS) is 11.4. The zero-order valence-electron chi connectivity index (χ0n) is 18.6. The number of nitrogens with zero attached hydrogens (tertiary/aromatic N) is 3. The first-order valence-electron chi connectivity index (χ1n) is 10.4. The molecule has 2 aromatic rings. The van der Waals surface area contributed by atoms with Gasteiger partial charge in [-0.25, -0.2) is 4.68 Å². The standard InChI is InChI=1S/C23H34N4O2/c1-7-8-11-14-26(18(3)28)16-22(29)24-21-15-20(23(4,5)6)25-27(21)19-13-10-9-12-17(19)2/h9-10,12-13,15H,7-8,11,14,16H2,1-6H3,(H,24,29). The molecule has 1 aromatic heterocycles. The van der Waals surface area contributed by atoms with E-state index in [1.54, 1.807) is 9.58 Å². The van der Waals surface area contributed by atoms with E-state index < -0.39 is 0 Å². The fraction of sp³-hybridized carbons (Fsp3) is 0.522. The molecule has 0 radical (unpaired) electrons. The van der Waals surface area contributed by atoms with E-state index in [0.29, 0.717) is 12.4 Å². The summed E-state index contributed by atoms with van der Waals surface area (Å²) in [5.41, 5.74) is 2.72. The zero-order chi connectivity index (χ0) is 21.6. The molecule has 0 fully saturated rings. The minimum Gasteiger partial charge on any atom is -0.334 e. The van der Waals surface area contributed by atoms with Crippen molar-refractivity contribution in [3.05, 3.63) is 41.6 Å². The molecule has 158 valence electrons. The second-order valence-corrected chi connectivity index (χ2v) is 8.56. The number of amides is 2. The van der Waals surface area contributed by atoms with Crippen LogP contribution in [0.1, 0.15) is 65.1 Å². The van der Waals surface area contributed by atoms with Crippen LogP contribution in [0.4, 0.5) is 5.82 Å². The quantitative estimate of drug-likeness (QED) is 0.668. The molecular weight excluding hydrogens is 364 g/mol. The molecule has 6 heteroatoms. The van der Waals surface area contributed by atoms with E-state index in [1.807, 2.05) is 37.3 Å². The first-order valence-corrected chi connectivity index (χ1v) is 10.4. The number of carbonyl (C=O) groups excluding carboxylic acids is 2. The number of rotatable bonds is 8. The second-order valence-electron chi connectivity index (χ2n) is 8.56. The Balaban J connectivity index is 2.26. The molecule has 0 aliphatic carbocycles. The van der Waals surface area contributed by atoms with Crippen LogP contribution < -0.4 is 5.32 Å². The lowest BCUT2D eigenvalue weighted by Gasteiger charge is -2.20. The Morgan fingerprint density at radius 1 is 1.17 bits per heavy atom. The van der Waals surface area contributed by atoms with E-state index in [-0.39, 0.29) is 23.8 Å². The number of hydrogen-bond donors (Lipinski definition) is 1. The summed E-state index contributed by atoms with van der Waals surface area (Å²) in [5.74, 6) is 0.317. The maximum Gasteiger partial charge on any atom is 0.245 e. The summed E-state index contributed by atoms with van der Waals surface area (Å²) >= 11 is 0. The highest BCUT2D eigenvalue weighted by Crippen LogP contribution is 2.27. The first-order chi connectivity index (χ1) is 13.6. The number of anilines is 1. The number of benzene rings is 1. The fourth-order valence-corrected chi connectivity index (χ4v) is 3.08. The molecule has 6 nitrogen and oxygen atoms in total. The van der Waals surface area contributed by atoms with Crippen LogP contribution in [0.5, 0.6) is 0 Å². The topological polar surface area (TPSA) is 67.2 Å². The van der Waals surface area contributed by atoms with E-state index >= 15 is 0 Å². The van der Waals surface area contributed by atoms with Gasteiger partial charge >= 0.3 is 0 Å². The largest absolute Gasteiger partial charge is 0.334 e. The lowest BCUT2D eigenvalue weighted by molar-refractivity contribution is -0.132. The number of aromatic nitrogens is 2. The molecule has 1 aromatic carbocycles. The molecule has 0 unspecified atom stereocenters. The Kier molecular flexibility index (Phi) is 7.59. The van der Waals surface area contributed by atoms with Crippen LogP contribution in [0.2, 0.25) is 0 Å². The van der Waals surface area contributed by atoms with Gasteiger partial charge in [-0.05, 0) is 25.0 Å². The highest BCUT2D eigenvalue weighted by molar-refractivity contribution is 5.94. The van der Waals surface area contributed by atoms with Gasteiger partial charge in [-0.15, -0.1) is 0 Å². The number of hydrogen-bond acceptors (Lipinski definition) is 3. The van der Waals surface area contributed by atoms with Gasteiger partial charge in [0.1, 0.15) is 5.82 Å². The lowest BCUT2D eigenvalue weighted by Crippen LogP contribution is -2.37. The fourth-order valence-electron chi connectivity index (χ4n) is 3.08. The predicted molar refractivity (Wildman–Crippen MR) is 117 cm³/mol. The molecule has 0 atom stereocenters. The molecule has 0 aliphatic heterocycles. The van der Waals surface area contributed by atoms with Gasteiger partial charge in [-0.3, -0.25) is 9.59 Å². The summed E-state index contributed by atoms with van der Waals surface area (Å²) < 4.78 is 1.78. The van der Waals surface area contributed by atoms with Gasteiger partial charge in [-0.1, -0.05) is 58.7 Å². The lowest BCUT2D eigenvalue weighted by atomic mass is 9.92. The maximum absolute atomic E-state index is 12.7. The minimum atomic E-state index is -0.216. The third kappa shape index (κ3) is 6.17. The van der Waals surface area contributed by atoms with Crippen molar-refractivity contribution in [2.24, 2.45) is 0 Å². The van der Waals surface area contributed by atoms with Crippen molar-refractivity contribution in [1.82, 2.24) is 14.7 Å². The van der Waals surface area contributed by atoms with Crippen LogP contribution in [-0.4, -0.2) is 39.6 Å². The summed E-state index contributed by atoms with van der Waals surface area (Å²) in [4.78, 5) is 26.3. The van der Waals surface area contributed by atoms with Gasteiger partial charge in [0.2, 0.25) is 11.8 Å². The SMILES string of the molecule is CCCCCN(CC(=O)Nc1cc(C(C)(C)C)nn1-c1ccccc1C)C(C)=O. The highest BCUT2D eigenvalue weighted by Gasteiger charge is 2.22. The van der Waals surface area contributed by atoms with Crippen LogP contribution in [-0.2, 0) is 15.0 Å². The third-order valence-electron chi connectivity index (χ3n) is 4.90. The smallest absolute Gasteiger partial charge is 0.245 e. The van der Waals surface area contributed by atoms with Gasteiger partial charge in [0.05, 0.1) is 17.9 Å². The van der Waals surface area contributed by atoms with Crippen molar-refractivity contribution in [2.75, 3.05) is 18.4 Å². The first kappa shape index (κ1) is 22.7. The van der Waals surface area contributed by atoms with E-state index in [4.69, 9.17) is 5.10 Å². The second kappa shape index (κ2) is 9.72. The molecule has 2 rings (SSSR count). The van der Waals surface area contributed by atoms with Crippen molar-refractivity contribution < 1.29 is 9.59 Å². The van der Waals surface area contributed by atoms with Crippen molar-refractivity contribution in [3.8, 4) is 5.69 Å². The predicted octanol–water partition coefficient (Wildman–Crippen LogP) is 4.46. The average Bonchev–Trinajstić information content (AvgIpc) is 3.05. The van der Waals surface area contributed by atoms with Crippen molar-refractivity contribution in [1.29, 1.82) is 0 Å². The molecule has 0 aliphatic rings. The van der Waals surface area contributed by atoms with Crippen LogP contribution in [0.25, 0.3) is 5.69 Å². The van der Waals surface area contributed by atoms with Crippen molar-refractivity contribution in [3.63, 3.8) is 0 Å². The van der Waals surface area contributed by atoms with Gasteiger partial charge in [0.15, 0.2) is 0 Å². The van der Waals surface area contributed by atoms with Crippen LogP contribution in [0.3, 0.4) is 0 Å². The van der Waals surface area contributed by atoms with Gasteiger partial charge < -0.3 is 10.2 Å². The summed E-state index contributed by atoms with van der Waals surface area (Å²) in [6, 6.07) is 9.85. The summed E-state index contributed by atoms with van der Waals surface area (Å²) in [6.07, 6.45) is 3.02. The Bertz CT molecular complexity index is 849. The number of para-hydroxylation sites is 1. The van der Waals surface area contributed by atoms with Crippen molar-refractivity contribution in [2.45, 2.75) is 66.2 Å². The third-order valence-corrected chi connectivity index (χ3v) is 4.90. The number of carbonyl (C=O) groups is 2. The number of unbranched alkanes of at least 4 members (excludes halogenated alkanes) is 2. The Morgan fingerprint density at radius 2 is 1.86 bits per heavy atom. The van der Waals surface area contributed by atoms with E-state index in [0.717, 1.165) is 36.2 Å². The molecule has 0 bridgehead atoms. The molecule has 1 heterocycles. The molecule has 0 saturated carbocycles. The van der Waals surface area contributed by atoms with Crippen LogP contribution >= 0.6 is 0 Å². The van der Waals surface area contributed by atoms with Crippen molar-refractivity contribution >= 4 is 17.6 Å². The number of nitrogens with one attached hydrogen (secondary N) is 1. The number of aryl methyl sites for hydroxylation is 1. The molecule has 0 saturated heterocycles.